The highest BCUT2D eigenvalue weighted by Crippen LogP contribution is 2.04. The molecule has 0 radical (unpaired) electrons. The Morgan fingerprint density at radius 1 is 1.50 bits per heavy atom. The second kappa shape index (κ2) is 5.21. The molecule has 0 heterocycles. The van der Waals surface area contributed by atoms with Gasteiger partial charge in [-0.25, -0.2) is 0 Å². The van der Waals surface area contributed by atoms with Crippen LogP contribution in [-0.4, -0.2) is 53.1 Å². The Kier molecular flexibility index (Phi) is 5.00. The number of hydrogen-bond donors (Lipinski definition) is 3. The molecule has 1 unspecified atom stereocenters. The first kappa shape index (κ1) is 11.5. The molecule has 0 bridgehead atoms. The number of hydrogen-bond acceptors (Lipinski definition) is 5. The van der Waals surface area contributed by atoms with E-state index in [1.165, 1.54) is 14.0 Å². The van der Waals surface area contributed by atoms with Crippen molar-refractivity contribution < 1.29 is 24.9 Å². The normalized spacial score (nSPS) is 18.4. The van der Waals surface area contributed by atoms with E-state index in [0.717, 1.165) is 0 Å². The van der Waals surface area contributed by atoms with Gasteiger partial charge in [0.1, 0.15) is 18.3 Å². The summed E-state index contributed by atoms with van der Waals surface area (Å²) in [5.74, 6) is -0.391. The minimum atomic E-state index is -1.38. The van der Waals surface area contributed by atoms with Gasteiger partial charge >= 0.3 is 0 Å². The van der Waals surface area contributed by atoms with Gasteiger partial charge in [-0.05, 0) is 6.92 Å². The monoisotopic (exact) mass is 178 g/mol. The topological polar surface area (TPSA) is 87.0 Å². The smallest absolute Gasteiger partial charge is 0.161 e. The molecular weight excluding hydrogens is 164 g/mol. The molecule has 0 spiro atoms. The van der Waals surface area contributed by atoms with Crippen LogP contribution in [0.4, 0.5) is 0 Å². The van der Waals surface area contributed by atoms with Crippen LogP contribution >= 0.6 is 0 Å². The first-order chi connectivity index (χ1) is 5.54. The van der Waals surface area contributed by atoms with E-state index in [0.29, 0.717) is 0 Å². The molecule has 0 aromatic carbocycles. The Hall–Kier alpha value is -0.490. The van der Waals surface area contributed by atoms with Gasteiger partial charge in [0.2, 0.25) is 0 Å². The van der Waals surface area contributed by atoms with Crippen LogP contribution in [-0.2, 0) is 9.53 Å². The number of rotatable bonds is 5. The molecule has 3 N–H and O–H groups in total. The highest BCUT2D eigenvalue weighted by atomic mass is 16.5. The van der Waals surface area contributed by atoms with Crippen molar-refractivity contribution in [1.29, 1.82) is 0 Å². The van der Waals surface area contributed by atoms with Gasteiger partial charge < -0.3 is 20.1 Å². The lowest BCUT2D eigenvalue weighted by molar-refractivity contribution is -0.141. The van der Waals surface area contributed by atoms with Crippen molar-refractivity contribution >= 4 is 5.78 Å². The van der Waals surface area contributed by atoms with Gasteiger partial charge in [-0.15, -0.1) is 0 Å². The number of aliphatic hydroxyl groups excluding tert-OH is 3. The summed E-state index contributed by atoms with van der Waals surface area (Å²) in [6.07, 6.45) is -3.80. The van der Waals surface area contributed by atoms with Gasteiger partial charge in [0.25, 0.3) is 0 Å². The van der Waals surface area contributed by atoms with E-state index < -0.39 is 30.7 Å². The Labute approximate surface area is 70.6 Å². The third-order valence-corrected chi connectivity index (χ3v) is 1.55. The summed E-state index contributed by atoms with van der Waals surface area (Å²) in [5, 5.41) is 26.6. The average molecular weight is 178 g/mol. The fourth-order valence-electron chi connectivity index (χ4n) is 0.856. The molecule has 5 heteroatoms. The number of ether oxygens (including phenoxy) is 1. The lowest BCUT2D eigenvalue weighted by Gasteiger charge is -2.22. The maximum absolute atomic E-state index is 10.8. The molecule has 0 fully saturated rings. The van der Waals surface area contributed by atoms with Crippen LogP contribution in [0.25, 0.3) is 0 Å². The first-order valence-corrected chi connectivity index (χ1v) is 3.54. The highest BCUT2D eigenvalue weighted by Gasteiger charge is 2.28. The summed E-state index contributed by atoms with van der Waals surface area (Å²) in [5.41, 5.74) is 0. The predicted octanol–water partition coefficient (Wildman–Crippen LogP) is -1.70. The Bertz CT molecular complexity index is 147. The predicted molar refractivity (Wildman–Crippen MR) is 40.6 cm³/mol. The molecule has 12 heavy (non-hydrogen) atoms. The lowest BCUT2D eigenvalue weighted by atomic mass is 10.1. The number of aliphatic hydroxyl groups is 3. The number of methoxy groups -OCH3 is 1. The van der Waals surface area contributed by atoms with Crippen molar-refractivity contribution in [3.63, 3.8) is 0 Å². The zero-order chi connectivity index (χ0) is 9.72. The average Bonchev–Trinajstić information content (AvgIpc) is 2.03. The van der Waals surface area contributed by atoms with Crippen molar-refractivity contribution in [2.45, 2.75) is 25.2 Å². The van der Waals surface area contributed by atoms with Crippen molar-refractivity contribution in [3.05, 3.63) is 0 Å². The molecule has 0 amide bonds. The molecule has 0 aliphatic rings. The van der Waals surface area contributed by atoms with E-state index >= 15 is 0 Å². The molecule has 3 atom stereocenters. The minimum Gasteiger partial charge on any atom is -0.394 e. The third kappa shape index (κ3) is 2.86. The summed E-state index contributed by atoms with van der Waals surface area (Å²) in [7, 11) is 1.25. The first-order valence-electron chi connectivity index (χ1n) is 3.54. The van der Waals surface area contributed by atoms with Gasteiger partial charge in [0, 0.05) is 7.11 Å². The van der Waals surface area contributed by atoms with Crippen LogP contribution in [0.2, 0.25) is 0 Å². The molecule has 72 valence electrons. The summed E-state index contributed by atoms with van der Waals surface area (Å²) >= 11 is 0. The van der Waals surface area contributed by atoms with Crippen LogP contribution < -0.4 is 0 Å². The molecule has 0 rings (SSSR count). The largest absolute Gasteiger partial charge is 0.394 e. The lowest BCUT2D eigenvalue weighted by Crippen LogP contribution is -2.44. The van der Waals surface area contributed by atoms with Crippen LogP contribution in [0.15, 0.2) is 0 Å². The fourth-order valence-corrected chi connectivity index (χ4v) is 0.856. The van der Waals surface area contributed by atoms with E-state index in [2.05, 4.69) is 4.74 Å². The number of Topliss-reactive ketones (excluding diaryl/α,β-unsaturated/α-hetero) is 1. The van der Waals surface area contributed by atoms with Gasteiger partial charge in [-0.1, -0.05) is 0 Å². The second-order valence-corrected chi connectivity index (χ2v) is 2.51. The maximum atomic E-state index is 10.8. The van der Waals surface area contributed by atoms with Gasteiger partial charge in [0.05, 0.1) is 6.61 Å². The summed E-state index contributed by atoms with van der Waals surface area (Å²) < 4.78 is 4.63. The zero-order valence-electron chi connectivity index (χ0n) is 7.10. The van der Waals surface area contributed by atoms with E-state index in [9.17, 15) is 9.90 Å². The number of ketones is 1. The summed E-state index contributed by atoms with van der Waals surface area (Å²) in [4.78, 5) is 10.8. The maximum Gasteiger partial charge on any atom is 0.161 e. The van der Waals surface area contributed by atoms with Crippen molar-refractivity contribution in [2.75, 3.05) is 13.7 Å². The van der Waals surface area contributed by atoms with Gasteiger partial charge in [0.15, 0.2) is 5.78 Å². The molecular formula is C7H14O5. The molecule has 0 aromatic heterocycles. The van der Waals surface area contributed by atoms with Crippen LogP contribution in [0.5, 0.6) is 0 Å². The highest BCUT2D eigenvalue weighted by molar-refractivity contribution is 5.81. The van der Waals surface area contributed by atoms with E-state index in [1.54, 1.807) is 0 Å². The molecule has 0 aliphatic carbocycles. The molecule has 0 saturated heterocycles. The van der Waals surface area contributed by atoms with Crippen LogP contribution in [0.3, 0.4) is 0 Å². The standard InChI is InChI=1S/C7H14O5/c1-4(9)7(12-2)6(11)5(10)3-8/h5-8,10-11H,3H2,1-2H3/t5-,6-,7?/m1/s1. The summed E-state index contributed by atoms with van der Waals surface area (Å²) in [6.45, 7) is 0.635. The van der Waals surface area contributed by atoms with Crippen LogP contribution in [0, 0.1) is 0 Å². The Morgan fingerprint density at radius 2 is 2.00 bits per heavy atom. The molecule has 0 aliphatic heterocycles. The van der Waals surface area contributed by atoms with E-state index in [4.69, 9.17) is 10.2 Å². The van der Waals surface area contributed by atoms with E-state index in [1.807, 2.05) is 0 Å². The number of carbonyl (C=O) groups excluding carboxylic acids is 1. The fraction of sp³-hybridized carbons (Fsp3) is 0.857. The van der Waals surface area contributed by atoms with Gasteiger partial charge in [-0.2, -0.15) is 0 Å². The van der Waals surface area contributed by atoms with E-state index in [-0.39, 0.29) is 0 Å². The number of carbonyl (C=O) groups is 1. The SMILES string of the molecule is COC(C(C)=O)[C@H](O)[C@H](O)CO. The van der Waals surface area contributed by atoms with Crippen molar-refractivity contribution in [1.82, 2.24) is 0 Å². The second-order valence-electron chi connectivity index (χ2n) is 2.51. The van der Waals surface area contributed by atoms with Crippen LogP contribution in [0.1, 0.15) is 6.92 Å². The molecule has 5 nitrogen and oxygen atoms in total. The zero-order valence-corrected chi connectivity index (χ0v) is 7.10. The third-order valence-electron chi connectivity index (χ3n) is 1.55. The van der Waals surface area contributed by atoms with Gasteiger partial charge in [-0.3, -0.25) is 4.79 Å². The van der Waals surface area contributed by atoms with Crippen molar-refractivity contribution in [3.8, 4) is 0 Å². The Balaban J connectivity index is 4.20. The minimum absolute atomic E-state index is 0.391. The quantitative estimate of drug-likeness (QED) is 0.467. The molecule has 0 aromatic rings. The Morgan fingerprint density at radius 3 is 2.25 bits per heavy atom. The van der Waals surface area contributed by atoms with Crippen molar-refractivity contribution in [2.24, 2.45) is 0 Å². The summed E-state index contributed by atoms with van der Waals surface area (Å²) in [6, 6.07) is 0. The molecule has 0 saturated carbocycles.